The standard InChI is InChI=1S/C20H15ClO3S/c21-16-8-6-14(7-9-16)20-15(12-19(23)24)11-18(25-20)17(22)10-13-4-2-1-3-5-13/h1-9,11H,10,12H2,(H,23,24). The number of hydrogen-bond acceptors (Lipinski definition) is 3. The van der Waals surface area contributed by atoms with Gasteiger partial charge in [0.25, 0.3) is 0 Å². The van der Waals surface area contributed by atoms with E-state index in [4.69, 9.17) is 16.7 Å². The average molecular weight is 371 g/mol. The van der Waals surface area contributed by atoms with E-state index in [-0.39, 0.29) is 12.2 Å². The summed E-state index contributed by atoms with van der Waals surface area (Å²) >= 11 is 7.26. The normalized spacial score (nSPS) is 10.6. The van der Waals surface area contributed by atoms with Gasteiger partial charge < -0.3 is 5.11 Å². The Balaban J connectivity index is 1.93. The summed E-state index contributed by atoms with van der Waals surface area (Å²) in [5, 5.41) is 9.78. The predicted molar refractivity (Wildman–Crippen MR) is 101 cm³/mol. The molecule has 0 spiro atoms. The monoisotopic (exact) mass is 370 g/mol. The van der Waals surface area contributed by atoms with Crippen molar-refractivity contribution >= 4 is 34.7 Å². The van der Waals surface area contributed by atoms with E-state index in [0.717, 1.165) is 16.0 Å². The van der Waals surface area contributed by atoms with Crippen LogP contribution in [0.1, 0.15) is 20.8 Å². The van der Waals surface area contributed by atoms with Gasteiger partial charge in [-0.1, -0.05) is 54.1 Å². The summed E-state index contributed by atoms with van der Waals surface area (Å²) in [5.41, 5.74) is 2.45. The maximum absolute atomic E-state index is 12.6. The molecule has 1 aromatic heterocycles. The fourth-order valence-corrected chi connectivity index (χ4v) is 3.82. The van der Waals surface area contributed by atoms with Gasteiger partial charge in [-0.2, -0.15) is 0 Å². The van der Waals surface area contributed by atoms with Gasteiger partial charge in [0.1, 0.15) is 0 Å². The van der Waals surface area contributed by atoms with Gasteiger partial charge in [0, 0.05) is 16.3 Å². The Labute approximate surface area is 154 Å². The largest absolute Gasteiger partial charge is 0.481 e. The SMILES string of the molecule is O=C(O)Cc1cc(C(=O)Cc2ccccc2)sc1-c1ccc(Cl)cc1. The first kappa shape index (κ1) is 17.4. The second-order valence-electron chi connectivity index (χ2n) is 5.63. The molecule has 0 radical (unpaired) electrons. The van der Waals surface area contributed by atoms with Gasteiger partial charge in [-0.3, -0.25) is 9.59 Å². The molecule has 0 atom stereocenters. The molecule has 0 fully saturated rings. The molecule has 3 rings (SSSR count). The highest BCUT2D eigenvalue weighted by molar-refractivity contribution is 7.17. The molecule has 2 aromatic carbocycles. The lowest BCUT2D eigenvalue weighted by Gasteiger charge is -2.01. The van der Waals surface area contributed by atoms with E-state index in [0.29, 0.717) is 21.9 Å². The Kier molecular flexibility index (Phi) is 5.31. The molecule has 5 heteroatoms. The summed E-state index contributed by atoms with van der Waals surface area (Å²) in [4.78, 5) is 25.1. The molecule has 1 heterocycles. The number of carboxylic acid groups (broad SMARTS) is 1. The number of thiophene rings is 1. The highest BCUT2D eigenvalue weighted by atomic mass is 35.5. The number of benzene rings is 2. The van der Waals surface area contributed by atoms with Crippen LogP contribution < -0.4 is 0 Å². The molecule has 0 aliphatic carbocycles. The van der Waals surface area contributed by atoms with Gasteiger partial charge in [-0.25, -0.2) is 0 Å². The van der Waals surface area contributed by atoms with Gasteiger partial charge >= 0.3 is 5.97 Å². The molecule has 0 saturated heterocycles. The molecule has 3 nitrogen and oxygen atoms in total. The number of aliphatic carboxylic acids is 1. The van der Waals surface area contributed by atoms with Crippen LogP contribution in [-0.4, -0.2) is 16.9 Å². The van der Waals surface area contributed by atoms with Crippen molar-refractivity contribution in [2.45, 2.75) is 12.8 Å². The minimum atomic E-state index is -0.921. The van der Waals surface area contributed by atoms with Crippen LogP contribution in [0.3, 0.4) is 0 Å². The smallest absolute Gasteiger partial charge is 0.307 e. The molecule has 25 heavy (non-hydrogen) atoms. The van der Waals surface area contributed by atoms with Crippen molar-refractivity contribution in [2.75, 3.05) is 0 Å². The van der Waals surface area contributed by atoms with Crippen LogP contribution >= 0.6 is 22.9 Å². The van der Waals surface area contributed by atoms with E-state index < -0.39 is 5.97 Å². The lowest BCUT2D eigenvalue weighted by Crippen LogP contribution is -2.02. The lowest BCUT2D eigenvalue weighted by atomic mass is 10.0. The molecule has 1 N–H and O–H groups in total. The van der Waals surface area contributed by atoms with Crippen LogP contribution in [0.5, 0.6) is 0 Å². The fourth-order valence-electron chi connectivity index (χ4n) is 2.57. The van der Waals surface area contributed by atoms with Crippen molar-refractivity contribution in [1.29, 1.82) is 0 Å². The lowest BCUT2D eigenvalue weighted by molar-refractivity contribution is -0.136. The number of hydrogen-bond donors (Lipinski definition) is 1. The molecular formula is C20H15ClO3S. The number of carbonyl (C=O) groups excluding carboxylic acids is 1. The van der Waals surface area contributed by atoms with Crippen molar-refractivity contribution in [3.05, 3.63) is 81.7 Å². The van der Waals surface area contributed by atoms with Gasteiger partial charge in [-0.05, 0) is 34.9 Å². The summed E-state index contributed by atoms with van der Waals surface area (Å²) in [7, 11) is 0. The predicted octanol–water partition coefficient (Wildman–Crippen LogP) is 5.12. The maximum Gasteiger partial charge on any atom is 0.307 e. The third-order valence-electron chi connectivity index (χ3n) is 3.74. The number of carboxylic acids is 1. The van der Waals surface area contributed by atoms with Crippen LogP contribution in [0.4, 0.5) is 0 Å². The Bertz CT molecular complexity index is 898. The first-order chi connectivity index (χ1) is 12.0. The molecule has 3 aromatic rings. The number of Topliss-reactive ketones (excluding diaryl/α,β-unsaturated/α-hetero) is 1. The summed E-state index contributed by atoms with van der Waals surface area (Å²) in [5.74, 6) is -0.932. The molecule has 0 bridgehead atoms. The Morgan fingerprint density at radius 2 is 1.64 bits per heavy atom. The van der Waals surface area contributed by atoms with Crippen molar-refractivity contribution < 1.29 is 14.7 Å². The van der Waals surface area contributed by atoms with E-state index in [2.05, 4.69) is 0 Å². The van der Waals surface area contributed by atoms with Crippen LogP contribution in [-0.2, 0) is 17.6 Å². The van der Waals surface area contributed by atoms with Gasteiger partial charge in [-0.15, -0.1) is 11.3 Å². The van der Waals surface area contributed by atoms with Crippen LogP contribution in [0.2, 0.25) is 5.02 Å². The Hall–Kier alpha value is -2.43. The van der Waals surface area contributed by atoms with Crippen LogP contribution in [0.25, 0.3) is 10.4 Å². The minimum Gasteiger partial charge on any atom is -0.481 e. The molecule has 0 aliphatic heterocycles. The van der Waals surface area contributed by atoms with E-state index in [1.54, 1.807) is 18.2 Å². The van der Waals surface area contributed by atoms with E-state index >= 15 is 0 Å². The third-order valence-corrected chi connectivity index (χ3v) is 5.26. The highest BCUT2D eigenvalue weighted by Gasteiger charge is 2.18. The van der Waals surface area contributed by atoms with E-state index in [9.17, 15) is 9.59 Å². The van der Waals surface area contributed by atoms with Crippen molar-refractivity contribution in [3.8, 4) is 10.4 Å². The van der Waals surface area contributed by atoms with E-state index in [1.807, 2.05) is 42.5 Å². The number of ketones is 1. The fraction of sp³-hybridized carbons (Fsp3) is 0.100. The topological polar surface area (TPSA) is 54.4 Å². The third kappa shape index (κ3) is 4.35. The quantitative estimate of drug-likeness (QED) is 0.612. The molecule has 126 valence electrons. The van der Waals surface area contributed by atoms with Gasteiger partial charge in [0.2, 0.25) is 0 Å². The summed E-state index contributed by atoms with van der Waals surface area (Å²) < 4.78 is 0. The van der Waals surface area contributed by atoms with Gasteiger partial charge in [0.05, 0.1) is 11.3 Å². The molecule has 0 aliphatic rings. The Morgan fingerprint density at radius 3 is 2.28 bits per heavy atom. The highest BCUT2D eigenvalue weighted by Crippen LogP contribution is 2.34. The first-order valence-electron chi connectivity index (χ1n) is 7.70. The zero-order valence-electron chi connectivity index (χ0n) is 13.2. The van der Waals surface area contributed by atoms with Crippen molar-refractivity contribution in [2.24, 2.45) is 0 Å². The zero-order valence-corrected chi connectivity index (χ0v) is 14.8. The number of halogens is 1. The molecule has 0 unspecified atom stereocenters. The summed E-state index contributed by atoms with van der Waals surface area (Å²) in [6.07, 6.45) is 0.182. The maximum atomic E-state index is 12.6. The minimum absolute atomic E-state index is 0.0111. The first-order valence-corrected chi connectivity index (χ1v) is 8.90. The van der Waals surface area contributed by atoms with Crippen molar-refractivity contribution in [1.82, 2.24) is 0 Å². The zero-order chi connectivity index (χ0) is 17.8. The number of carbonyl (C=O) groups is 2. The molecule has 0 amide bonds. The van der Waals surface area contributed by atoms with E-state index in [1.165, 1.54) is 11.3 Å². The van der Waals surface area contributed by atoms with Gasteiger partial charge in [0.15, 0.2) is 5.78 Å². The van der Waals surface area contributed by atoms with Crippen LogP contribution in [0, 0.1) is 0 Å². The Morgan fingerprint density at radius 1 is 0.960 bits per heavy atom. The second kappa shape index (κ2) is 7.64. The second-order valence-corrected chi connectivity index (χ2v) is 7.12. The summed E-state index contributed by atoms with van der Waals surface area (Å²) in [6, 6.07) is 18.4. The molecule has 0 saturated carbocycles. The summed E-state index contributed by atoms with van der Waals surface area (Å²) in [6.45, 7) is 0. The van der Waals surface area contributed by atoms with Crippen molar-refractivity contribution in [3.63, 3.8) is 0 Å². The number of rotatable bonds is 6. The molecular weight excluding hydrogens is 356 g/mol. The van der Waals surface area contributed by atoms with Crippen LogP contribution in [0.15, 0.2) is 60.7 Å². The average Bonchev–Trinajstić information content (AvgIpc) is 3.00.